The van der Waals surface area contributed by atoms with Gasteiger partial charge < -0.3 is 10.0 Å². The van der Waals surface area contributed by atoms with Crippen LogP contribution in [0, 0.1) is 5.92 Å². The van der Waals surface area contributed by atoms with Gasteiger partial charge in [0.15, 0.2) is 0 Å². The molecule has 0 saturated carbocycles. The number of rotatable bonds is 4. The fourth-order valence-corrected chi connectivity index (χ4v) is 2.24. The highest BCUT2D eigenvalue weighted by atomic mass is 16.4. The molecule has 1 aliphatic rings. The van der Waals surface area contributed by atoms with Gasteiger partial charge in [0.25, 0.3) is 0 Å². The van der Waals surface area contributed by atoms with E-state index >= 15 is 0 Å². The van der Waals surface area contributed by atoms with Gasteiger partial charge in [0.2, 0.25) is 5.95 Å². The van der Waals surface area contributed by atoms with E-state index in [1.165, 1.54) is 12.4 Å². The van der Waals surface area contributed by atoms with Gasteiger partial charge in [-0.05, 0) is 5.92 Å². The summed E-state index contributed by atoms with van der Waals surface area (Å²) in [6.07, 6.45) is 2.73. The lowest BCUT2D eigenvalue weighted by Crippen LogP contribution is -2.48. The number of hydrogen-bond donors (Lipinski definition) is 1. The lowest BCUT2D eigenvalue weighted by Gasteiger charge is -2.35. The predicted molar refractivity (Wildman–Crippen MR) is 72.5 cm³/mol. The quantitative estimate of drug-likeness (QED) is 0.873. The number of aromatic nitrogens is 2. The molecule has 0 bridgehead atoms. The highest BCUT2D eigenvalue weighted by Crippen LogP contribution is 2.11. The smallest absolute Gasteiger partial charge is 0.338 e. The van der Waals surface area contributed by atoms with Crippen LogP contribution in [0.15, 0.2) is 12.4 Å². The number of hydrogen-bond acceptors (Lipinski definition) is 5. The molecule has 6 nitrogen and oxygen atoms in total. The van der Waals surface area contributed by atoms with Gasteiger partial charge in [-0.3, -0.25) is 4.90 Å². The highest BCUT2D eigenvalue weighted by molar-refractivity contribution is 5.86. The van der Waals surface area contributed by atoms with Crippen LogP contribution in [-0.4, -0.2) is 58.7 Å². The fourth-order valence-electron chi connectivity index (χ4n) is 2.24. The van der Waals surface area contributed by atoms with Gasteiger partial charge in [-0.25, -0.2) is 14.8 Å². The molecule has 6 heteroatoms. The zero-order chi connectivity index (χ0) is 13.8. The van der Waals surface area contributed by atoms with Crippen molar-refractivity contribution in [2.75, 3.05) is 37.6 Å². The van der Waals surface area contributed by atoms with Gasteiger partial charge in [0, 0.05) is 45.1 Å². The Labute approximate surface area is 113 Å². The van der Waals surface area contributed by atoms with Crippen molar-refractivity contribution in [3.63, 3.8) is 0 Å². The maximum Gasteiger partial charge on any atom is 0.338 e. The second kappa shape index (κ2) is 5.97. The zero-order valence-electron chi connectivity index (χ0n) is 11.4. The molecule has 0 unspecified atom stereocenters. The standard InChI is InChI=1S/C13H20N4O2/c1-10(2)9-16-3-5-17(6-4-16)13-14-7-11(8-15-13)12(18)19/h7-8,10H,3-6,9H2,1-2H3,(H,18,19). The van der Waals surface area contributed by atoms with E-state index in [4.69, 9.17) is 5.11 Å². The van der Waals surface area contributed by atoms with Gasteiger partial charge in [-0.15, -0.1) is 0 Å². The molecule has 0 aromatic carbocycles. The van der Waals surface area contributed by atoms with E-state index in [9.17, 15) is 4.79 Å². The highest BCUT2D eigenvalue weighted by Gasteiger charge is 2.19. The van der Waals surface area contributed by atoms with Crippen molar-refractivity contribution in [1.82, 2.24) is 14.9 Å². The molecule has 1 aromatic heterocycles. The summed E-state index contributed by atoms with van der Waals surface area (Å²) in [7, 11) is 0. The van der Waals surface area contributed by atoms with Crippen molar-refractivity contribution in [2.45, 2.75) is 13.8 Å². The number of anilines is 1. The Hall–Kier alpha value is -1.69. The molecule has 0 aliphatic carbocycles. The van der Waals surface area contributed by atoms with Crippen LogP contribution in [-0.2, 0) is 0 Å². The Morgan fingerprint density at radius 1 is 1.26 bits per heavy atom. The molecule has 2 rings (SSSR count). The number of carbonyl (C=O) groups is 1. The Morgan fingerprint density at radius 2 is 1.84 bits per heavy atom. The van der Waals surface area contributed by atoms with Crippen molar-refractivity contribution >= 4 is 11.9 Å². The molecule has 1 saturated heterocycles. The first-order valence-electron chi connectivity index (χ1n) is 6.59. The summed E-state index contributed by atoms with van der Waals surface area (Å²) in [5.41, 5.74) is 0.127. The summed E-state index contributed by atoms with van der Waals surface area (Å²) >= 11 is 0. The minimum Gasteiger partial charge on any atom is -0.478 e. The van der Waals surface area contributed by atoms with Crippen LogP contribution in [0.3, 0.4) is 0 Å². The van der Waals surface area contributed by atoms with Gasteiger partial charge in [-0.1, -0.05) is 13.8 Å². The van der Waals surface area contributed by atoms with E-state index in [2.05, 4.69) is 33.6 Å². The third-order valence-corrected chi connectivity index (χ3v) is 3.16. The minimum atomic E-state index is -0.992. The summed E-state index contributed by atoms with van der Waals surface area (Å²) in [6.45, 7) is 9.34. The molecule has 1 N–H and O–H groups in total. The molecule has 0 atom stereocenters. The van der Waals surface area contributed by atoms with Crippen molar-refractivity contribution in [2.24, 2.45) is 5.92 Å². The molecular formula is C13H20N4O2. The van der Waals surface area contributed by atoms with Crippen LogP contribution in [0.2, 0.25) is 0 Å². The number of aromatic carboxylic acids is 1. The van der Waals surface area contributed by atoms with Crippen molar-refractivity contribution in [3.05, 3.63) is 18.0 Å². The van der Waals surface area contributed by atoms with Crippen LogP contribution >= 0.6 is 0 Å². The van der Waals surface area contributed by atoms with Crippen molar-refractivity contribution < 1.29 is 9.90 Å². The van der Waals surface area contributed by atoms with Gasteiger partial charge in [-0.2, -0.15) is 0 Å². The van der Waals surface area contributed by atoms with Crippen LogP contribution in [0.4, 0.5) is 5.95 Å². The number of piperazine rings is 1. The number of carboxylic acid groups (broad SMARTS) is 1. The van der Waals surface area contributed by atoms with E-state index in [-0.39, 0.29) is 5.56 Å². The van der Waals surface area contributed by atoms with E-state index < -0.39 is 5.97 Å². The number of nitrogens with zero attached hydrogens (tertiary/aromatic N) is 4. The molecule has 0 spiro atoms. The van der Waals surface area contributed by atoms with Crippen LogP contribution < -0.4 is 4.90 Å². The lowest BCUT2D eigenvalue weighted by molar-refractivity contribution is 0.0696. The average molecular weight is 264 g/mol. The van der Waals surface area contributed by atoms with Crippen LogP contribution in [0.1, 0.15) is 24.2 Å². The Morgan fingerprint density at radius 3 is 2.32 bits per heavy atom. The first-order valence-corrected chi connectivity index (χ1v) is 6.59. The molecular weight excluding hydrogens is 244 g/mol. The third-order valence-electron chi connectivity index (χ3n) is 3.16. The van der Waals surface area contributed by atoms with E-state index in [0.717, 1.165) is 32.7 Å². The van der Waals surface area contributed by atoms with E-state index in [1.807, 2.05) is 0 Å². The second-order valence-electron chi connectivity index (χ2n) is 5.26. The third kappa shape index (κ3) is 3.64. The molecule has 104 valence electrons. The lowest BCUT2D eigenvalue weighted by atomic mass is 10.2. The topological polar surface area (TPSA) is 69.6 Å². The molecule has 0 amide bonds. The van der Waals surface area contributed by atoms with E-state index in [1.54, 1.807) is 0 Å². The van der Waals surface area contributed by atoms with Gasteiger partial charge in [0.05, 0.1) is 5.56 Å². The van der Waals surface area contributed by atoms with Crippen molar-refractivity contribution in [3.8, 4) is 0 Å². The first-order chi connectivity index (χ1) is 9.06. The molecule has 19 heavy (non-hydrogen) atoms. The molecule has 1 fully saturated rings. The predicted octanol–water partition coefficient (Wildman–Crippen LogP) is 0.953. The maximum absolute atomic E-state index is 10.7. The normalized spacial score (nSPS) is 16.9. The second-order valence-corrected chi connectivity index (χ2v) is 5.26. The molecule has 2 heterocycles. The van der Waals surface area contributed by atoms with Crippen molar-refractivity contribution in [1.29, 1.82) is 0 Å². The van der Waals surface area contributed by atoms with E-state index in [0.29, 0.717) is 11.9 Å². The van der Waals surface area contributed by atoms with Crippen LogP contribution in [0.25, 0.3) is 0 Å². The first kappa shape index (κ1) is 13.7. The zero-order valence-corrected chi connectivity index (χ0v) is 11.4. The fraction of sp³-hybridized carbons (Fsp3) is 0.615. The molecule has 1 aliphatic heterocycles. The molecule has 0 radical (unpaired) electrons. The Balaban J connectivity index is 1.92. The summed E-state index contributed by atoms with van der Waals surface area (Å²) < 4.78 is 0. The minimum absolute atomic E-state index is 0.127. The van der Waals surface area contributed by atoms with Crippen LogP contribution in [0.5, 0.6) is 0 Å². The Bertz CT molecular complexity index is 425. The SMILES string of the molecule is CC(C)CN1CCN(c2ncc(C(=O)O)cn2)CC1. The monoisotopic (exact) mass is 264 g/mol. The average Bonchev–Trinajstić information content (AvgIpc) is 2.39. The van der Waals surface area contributed by atoms with Gasteiger partial charge >= 0.3 is 5.97 Å². The maximum atomic E-state index is 10.7. The summed E-state index contributed by atoms with van der Waals surface area (Å²) in [5, 5.41) is 8.80. The summed E-state index contributed by atoms with van der Waals surface area (Å²) in [5.74, 6) is 0.306. The largest absolute Gasteiger partial charge is 0.478 e. The molecule has 1 aromatic rings. The summed E-state index contributed by atoms with van der Waals surface area (Å²) in [6, 6.07) is 0. The Kier molecular flexibility index (Phi) is 4.31. The number of carboxylic acids is 1. The summed E-state index contributed by atoms with van der Waals surface area (Å²) in [4.78, 5) is 23.5. The van der Waals surface area contributed by atoms with Gasteiger partial charge in [0.1, 0.15) is 0 Å².